The molecule has 0 amide bonds. The van der Waals surface area contributed by atoms with Gasteiger partial charge < -0.3 is 0 Å². The maximum absolute atomic E-state index is 12.8. The first-order valence-electron chi connectivity index (χ1n) is 7.70. The van der Waals surface area contributed by atoms with E-state index in [9.17, 15) is 16.8 Å². The molecule has 28 heavy (non-hydrogen) atoms. The first-order chi connectivity index (χ1) is 12.8. The van der Waals surface area contributed by atoms with Crippen LogP contribution < -0.4 is 10.6 Å². The van der Waals surface area contributed by atoms with E-state index in [4.69, 9.17) is 8.52 Å². The molecule has 6 nitrogen and oxygen atoms in total. The van der Waals surface area contributed by atoms with Gasteiger partial charge in [-0.25, -0.2) is 3.97 Å². The molecule has 3 aromatic carbocycles. The Labute approximate surface area is 187 Å². The molecule has 0 heterocycles. The first-order valence-corrected chi connectivity index (χ1v) is 11.8. The molecule has 0 unspecified atom stereocenters. The van der Waals surface area contributed by atoms with Gasteiger partial charge in [0, 0.05) is 10.6 Å². The van der Waals surface area contributed by atoms with Crippen molar-refractivity contribution in [3.8, 4) is 0 Å². The number of rotatable bonds is 6. The maximum atomic E-state index is 12.8. The van der Waals surface area contributed by atoms with E-state index in [-0.39, 0.29) is 34.5 Å². The van der Waals surface area contributed by atoms with Crippen LogP contribution in [0, 0.1) is 0 Å². The predicted octanol–water partition coefficient (Wildman–Crippen LogP) is 2.04. The fourth-order valence-electron chi connectivity index (χ4n) is 2.29. The van der Waals surface area contributed by atoms with Gasteiger partial charge >= 0.3 is 39.7 Å². The first kappa shape index (κ1) is 23.2. The number of hydrogen-bond donors (Lipinski definition) is 1. The van der Waals surface area contributed by atoms with E-state index in [0.29, 0.717) is 10.6 Å². The van der Waals surface area contributed by atoms with Crippen molar-refractivity contribution in [3.63, 3.8) is 0 Å². The fraction of sp³-hybridized carbons (Fsp3) is 0. The molecule has 0 aliphatic heterocycles. The van der Waals surface area contributed by atoms with Crippen LogP contribution in [0.3, 0.4) is 0 Å². The van der Waals surface area contributed by atoms with Crippen molar-refractivity contribution in [2.45, 2.75) is 9.79 Å². The Morgan fingerprint density at radius 2 is 1.14 bits per heavy atom. The van der Waals surface area contributed by atoms with Gasteiger partial charge in [0.05, 0.1) is 9.79 Å². The van der Waals surface area contributed by atoms with Crippen molar-refractivity contribution in [3.05, 3.63) is 84.9 Å². The zero-order valence-electron chi connectivity index (χ0n) is 13.8. The van der Waals surface area contributed by atoms with Crippen LogP contribution in [0.15, 0.2) is 94.7 Å². The molecule has 0 saturated carbocycles. The minimum absolute atomic E-state index is 0. The molecule has 1 N–H and O–H groups in total. The van der Waals surface area contributed by atoms with Crippen molar-refractivity contribution < 1.29 is 25.4 Å². The minimum atomic E-state index is -4.53. The Morgan fingerprint density at radius 1 is 0.679 bits per heavy atom. The van der Waals surface area contributed by atoms with E-state index in [1.54, 1.807) is 48.5 Å². The van der Waals surface area contributed by atoms with E-state index in [1.807, 2.05) is 12.1 Å². The Bertz CT molecular complexity index is 1100. The average Bonchev–Trinajstić information content (AvgIpc) is 2.67. The molecule has 0 radical (unpaired) electrons. The third-order valence-corrected chi connectivity index (χ3v) is 8.14. The second-order valence-corrected chi connectivity index (χ2v) is 10.5. The molecule has 10 heteroatoms. The third-order valence-electron chi connectivity index (χ3n) is 3.55. The summed E-state index contributed by atoms with van der Waals surface area (Å²) in [4.78, 5) is -0.868. The van der Waals surface area contributed by atoms with Gasteiger partial charge in [0.1, 0.15) is 8.15 Å². The van der Waals surface area contributed by atoms with Gasteiger partial charge in [-0.2, -0.15) is 16.8 Å². The van der Waals surface area contributed by atoms with Gasteiger partial charge in [0.15, 0.2) is 0 Å². The summed E-state index contributed by atoms with van der Waals surface area (Å²) >= 11 is 0. The zero-order valence-corrected chi connectivity index (χ0v) is 16.4. The van der Waals surface area contributed by atoms with Crippen LogP contribution in [0.5, 0.6) is 0 Å². The molecule has 0 saturated heterocycles. The monoisotopic (exact) mass is 446 g/mol. The van der Waals surface area contributed by atoms with Crippen molar-refractivity contribution in [2.75, 3.05) is 0 Å². The molecule has 3 rings (SSSR count). The Balaban J connectivity index is 0.00000280. The summed E-state index contributed by atoms with van der Waals surface area (Å²) in [6, 6.07) is 22.2. The van der Waals surface area contributed by atoms with Crippen LogP contribution in [0.2, 0.25) is 0 Å². The molecule has 0 aliphatic rings. The zero-order chi connectivity index (χ0) is 19.5. The molecule has 0 fully saturated rings. The third kappa shape index (κ3) is 5.72. The second-order valence-electron chi connectivity index (χ2n) is 5.44. The topological polar surface area (TPSA) is 97.7 Å². The molecule has 0 bridgehead atoms. The van der Waals surface area contributed by atoms with Crippen molar-refractivity contribution in [1.29, 1.82) is 0 Å². The van der Waals surface area contributed by atoms with Crippen LogP contribution >= 0.6 is 8.15 Å². The predicted molar refractivity (Wildman–Crippen MR) is 111 cm³/mol. The summed E-state index contributed by atoms with van der Waals surface area (Å²) in [6.07, 6.45) is 0. The van der Waals surface area contributed by atoms with Gasteiger partial charge in [-0.15, -0.1) is 0 Å². The SMILES string of the molecule is O=S(=O)(O)c1cccc(S(=O)(=O)OP(c2ccccc2)c2ccccc2)c1.[NaH]. The Kier molecular flexibility index (Phi) is 7.96. The fourth-order valence-corrected chi connectivity index (χ4v) is 6.41. The van der Waals surface area contributed by atoms with Gasteiger partial charge in [-0.3, -0.25) is 4.55 Å². The summed E-state index contributed by atoms with van der Waals surface area (Å²) in [5, 5.41) is 1.38. The van der Waals surface area contributed by atoms with Gasteiger partial charge in [0.25, 0.3) is 10.1 Å². The van der Waals surface area contributed by atoms with Crippen LogP contribution in [-0.4, -0.2) is 50.9 Å². The summed E-state index contributed by atoms with van der Waals surface area (Å²) in [6.45, 7) is 0. The molecular formula is C18H16NaO6PS2. The molecule has 0 spiro atoms. The van der Waals surface area contributed by atoms with E-state index < -0.39 is 33.3 Å². The van der Waals surface area contributed by atoms with Gasteiger partial charge in [0.2, 0.25) is 0 Å². The van der Waals surface area contributed by atoms with Crippen LogP contribution in [0.4, 0.5) is 0 Å². The molecule has 3 aromatic rings. The van der Waals surface area contributed by atoms with Crippen LogP contribution in [0.25, 0.3) is 0 Å². The van der Waals surface area contributed by atoms with Crippen LogP contribution in [-0.2, 0) is 24.2 Å². The van der Waals surface area contributed by atoms with E-state index in [2.05, 4.69) is 0 Å². The van der Waals surface area contributed by atoms with E-state index in [1.165, 1.54) is 12.1 Å². The summed E-state index contributed by atoms with van der Waals surface area (Å²) in [5.41, 5.74) is 0. The number of benzene rings is 3. The summed E-state index contributed by atoms with van der Waals surface area (Å²) in [7, 11) is -10.5. The van der Waals surface area contributed by atoms with E-state index >= 15 is 0 Å². The normalized spacial score (nSPS) is 11.8. The van der Waals surface area contributed by atoms with Gasteiger partial charge in [-0.1, -0.05) is 66.7 Å². The summed E-state index contributed by atoms with van der Waals surface area (Å²) < 4.78 is 62.9. The Hall–Kier alpha value is -1.09. The van der Waals surface area contributed by atoms with Crippen molar-refractivity contribution in [2.24, 2.45) is 0 Å². The van der Waals surface area contributed by atoms with Gasteiger partial charge in [-0.05, 0) is 18.2 Å². The molecule has 0 aromatic heterocycles. The van der Waals surface area contributed by atoms with Crippen molar-refractivity contribution in [1.82, 2.24) is 0 Å². The van der Waals surface area contributed by atoms with Crippen LogP contribution in [0.1, 0.15) is 0 Å². The standard InChI is InChI=1S/C18H15O6PS2.Na.H/c19-26(20,21)17-12-7-13-18(14-17)27(22,23)24-25(15-8-3-1-4-9-15)16-10-5-2-6-11-16;;/h1-14H,(H,19,20,21);;. The summed E-state index contributed by atoms with van der Waals surface area (Å²) in [5.74, 6) is 0. The molecule has 0 aliphatic carbocycles. The Morgan fingerprint density at radius 3 is 1.61 bits per heavy atom. The molecular weight excluding hydrogens is 430 g/mol. The van der Waals surface area contributed by atoms with Crippen molar-refractivity contribution >= 4 is 68.6 Å². The average molecular weight is 446 g/mol. The molecule has 142 valence electrons. The quantitative estimate of drug-likeness (QED) is 0.354. The second kappa shape index (κ2) is 9.61. The van der Waals surface area contributed by atoms with E-state index in [0.717, 1.165) is 12.1 Å². The number of hydrogen-bond acceptors (Lipinski definition) is 5. The molecule has 0 atom stereocenters.